The Hall–Kier alpha value is -0.830. The van der Waals surface area contributed by atoms with Crippen molar-refractivity contribution >= 4 is 21.8 Å². The van der Waals surface area contributed by atoms with E-state index in [9.17, 15) is 4.79 Å². The third-order valence-corrected chi connectivity index (χ3v) is 4.43. The molecule has 0 saturated heterocycles. The van der Waals surface area contributed by atoms with Crippen molar-refractivity contribution in [1.82, 2.24) is 5.32 Å². The van der Waals surface area contributed by atoms with Crippen LogP contribution in [-0.4, -0.2) is 16.8 Å². The van der Waals surface area contributed by atoms with Crippen LogP contribution in [0.2, 0.25) is 0 Å². The molecule has 0 saturated carbocycles. The van der Waals surface area contributed by atoms with Crippen LogP contribution in [0.1, 0.15) is 38.7 Å². The van der Waals surface area contributed by atoms with Gasteiger partial charge >= 0.3 is 0 Å². The summed E-state index contributed by atoms with van der Waals surface area (Å²) in [5.41, 5.74) is 0.887. The Bertz CT molecular complexity index is 360. The average Bonchev–Trinajstić information content (AvgIpc) is 2.38. The maximum atomic E-state index is 12.1. The molecule has 0 bridgehead atoms. The van der Waals surface area contributed by atoms with Gasteiger partial charge in [-0.05, 0) is 25.8 Å². The standard InChI is InChI=1S/C14H20BrNO/c1-4-14(3,10-15)16-13(17)11(2)12-8-6-5-7-9-12/h5-9,11H,4,10H2,1-3H3,(H,16,17). The van der Waals surface area contributed by atoms with Gasteiger partial charge in [-0.2, -0.15) is 0 Å². The SMILES string of the molecule is CCC(C)(CBr)NC(=O)C(C)c1ccccc1. The summed E-state index contributed by atoms with van der Waals surface area (Å²) in [7, 11) is 0. The quantitative estimate of drug-likeness (QED) is 0.829. The molecular formula is C14H20BrNO. The molecule has 1 aromatic rings. The van der Waals surface area contributed by atoms with Gasteiger partial charge in [-0.1, -0.05) is 53.2 Å². The lowest BCUT2D eigenvalue weighted by Gasteiger charge is -2.29. The summed E-state index contributed by atoms with van der Waals surface area (Å²) in [6, 6.07) is 9.86. The summed E-state index contributed by atoms with van der Waals surface area (Å²) < 4.78 is 0. The molecule has 1 aromatic carbocycles. The molecule has 1 amide bonds. The Morgan fingerprint density at radius 1 is 1.41 bits per heavy atom. The van der Waals surface area contributed by atoms with Gasteiger partial charge in [-0.3, -0.25) is 4.79 Å². The average molecular weight is 298 g/mol. The van der Waals surface area contributed by atoms with E-state index >= 15 is 0 Å². The van der Waals surface area contributed by atoms with E-state index in [4.69, 9.17) is 0 Å². The maximum absolute atomic E-state index is 12.1. The van der Waals surface area contributed by atoms with Crippen molar-refractivity contribution in [2.75, 3.05) is 5.33 Å². The molecule has 1 N–H and O–H groups in total. The molecule has 2 unspecified atom stereocenters. The van der Waals surface area contributed by atoms with E-state index in [0.717, 1.165) is 17.3 Å². The summed E-state index contributed by atoms with van der Waals surface area (Å²) >= 11 is 3.45. The fourth-order valence-electron chi connectivity index (χ4n) is 1.52. The van der Waals surface area contributed by atoms with Gasteiger partial charge < -0.3 is 5.32 Å². The van der Waals surface area contributed by atoms with Crippen molar-refractivity contribution < 1.29 is 4.79 Å². The molecule has 2 nitrogen and oxygen atoms in total. The summed E-state index contributed by atoms with van der Waals surface area (Å²) in [5, 5.41) is 3.87. The van der Waals surface area contributed by atoms with Gasteiger partial charge in [0.05, 0.1) is 5.92 Å². The van der Waals surface area contributed by atoms with Crippen LogP contribution in [0.5, 0.6) is 0 Å². The number of benzene rings is 1. The second kappa shape index (κ2) is 6.20. The van der Waals surface area contributed by atoms with Gasteiger partial charge in [0.1, 0.15) is 0 Å². The number of rotatable bonds is 5. The van der Waals surface area contributed by atoms with E-state index in [1.54, 1.807) is 0 Å². The highest BCUT2D eigenvalue weighted by Gasteiger charge is 2.25. The first-order valence-corrected chi connectivity index (χ1v) is 7.07. The number of amides is 1. The molecular weight excluding hydrogens is 278 g/mol. The first-order chi connectivity index (χ1) is 8.02. The van der Waals surface area contributed by atoms with Gasteiger partial charge in [0.15, 0.2) is 0 Å². The van der Waals surface area contributed by atoms with Crippen molar-refractivity contribution in [3.8, 4) is 0 Å². The zero-order valence-electron chi connectivity index (χ0n) is 10.7. The number of carbonyl (C=O) groups excluding carboxylic acids is 1. The lowest BCUT2D eigenvalue weighted by Crippen LogP contribution is -2.48. The van der Waals surface area contributed by atoms with Crippen LogP contribution in [0, 0.1) is 0 Å². The zero-order chi connectivity index (χ0) is 12.9. The molecule has 3 heteroatoms. The highest BCUT2D eigenvalue weighted by atomic mass is 79.9. The van der Waals surface area contributed by atoms with Gasteiger partial charge in [0, 0.05) is 10.9 Å². The van der Waals surface area contributed by atoms with Crippen molar-refractivity contribution in [3.63, 3.8) is 0 Å². The highest BCUT2D eigenvalue weighted by molar-refractivity contribution is 9.09. The zero-order valence-corrected chi connectivity index (χ0v) is 12.3. The molecule has 94 valence electrons. The maximum Gasteiger partial charge on any atom is 0.227 e. The molecule has 0 aliphatic rings. The first kappa shape index (κ1) is 14.2. The molecule has 0 aliphatic heterocycles. The smallest absolute Gasteiger partial charge is 0.227 e. The number of halogens is 1. The van der Waals surface area contributed by atoms with Crippen LogP contribution >= 0.6 is 15.9 Å². The second-order valence-corrected chi connectivity index (χ2v) is 5.23. The molecule has 0 aromatic heterocycles. The Kier molecular flexibility index (Phi) is 5.19. The Balaban J connectivity index is 2.71. The van der Waals surface area contributed by atoms with E-state index in [1.807, 2.05) is 37.3 Å². The predicted octanol–water partition coefficient (Wildman–Crippen LogP) is 3.47. The van der Waals surface area contributed by atoms with Crippen LogP contribution in [-0.2, 0) is 4.79 Å². The van der Waals surface area contributed by atoms with Crippen molar-refractivity contribution in [3.05, 3.63) is 35.9 Å². The molecule has 2 atom stereocenters. The Labute approximate surface area is 112 Å². The number of hydrogen-bond donors (Lipinski definition) is 1. The van der Waals surface area contributed by atoms with E-state index in [1.165, 1.54) is 0 Å². The molecule has 17 heavy (non-hydrogen) atoms. The van der Waals surface area contributed by atoms with Crippen molar-refractivity contribution in [1.29, 1.82) is 0 Å². The fraction of sp³-hybridized carbons (Fsp3) is 0.500. The molecule has 0 heterocycles. The Morgan fingerprint density at radius 3 is 2.47 bits per heavy atom. The number of alkyl halides is 1. The van der Waals surface area contributed by atoms with Crippen LogP contribution in [0.15, 0.2) is 30.3 Å². The van der Waals surface area contributed by atoms with Crippen molar-refractivity contribution in [2.45, 2.75) is 38.6 Å². The summed E-state index contributed by atoms with van der Waals surface area (Å²) in [6.45, 7) is 6.07. The minimum Gasteiger partial charge on any atom is -0.350 e. The van der Waals surface area contributed by atoms with Crippen molar-refractivity contribution in [2.24, 2.45) is 0 Å². The largest absolute Gasteiger partial charge is 0.350 e. The lowest BCUT2D eigenvalue weighted by molar-refractivity contribution is -0.123. The molecule has 1 rings (SSSR count). The van der Waals surface area contributed by atoms with Crippen LogP contribution < -0.4 is 5.32 Å². The van der Waals surface area contributed by atoms with Gasteiger partial charge in [-0.25, -0.2) is 0 Å². The molecule has 0 spiro atoms. The van der Waals surface area contributed by atoms with Gasteiger partial charge in [-0.15, -0.1) is 0 Å². The first-order valence-electron chi connectivity index (χ1n) is 5.95. The minimum atomic E-state index is -0.167. The Morgan fingerprint density at radius 2 is 2.00 bits per heavy atom. The normalized spacial score (nSPS) is 16.0. The third-order valence-electron chi connectivity index (χ3n) is 3.19. The lowest BCUT2D eigenvalue weighted by atomic mass is 9.96. The third kappa shape index (κ3) is 3.84. The number of carbonyl (C=O) groups is 1. The van der Waals surface area contributed by atoms with Crippen LogP contribution in [0.3, 0.4) is 0 Å². The molecule has 0 aliphatic carbocycles. The van der Waals surface area contributed by atoms with E-state index in [-0.39, 0.29) is 17.4 Å². The summed E-state index contributed by atoms with van der Waals surface area (Å²) in [6.07, 6.45) is 0.908. The van der Waals surface area contributed by atoms with E-state index in [0.29, 0.717) is 0 Å². The van der Waals surface area contributed by atoms with E-state index < -0.39 is 0 Å². The second-order valence-electron chi connectivity index (χ2n) is 4.67. The topological polar surface area (TPSA) is 29.1 Å². The highest BCUT2D eigenvalue weighted by Crippen LogP contribution is 2.18. The minimum absolute atomic E-state index is 0.0833. The molecule has 0 radical (unpaired) electrons. The number of nitrogens with one attached hydrogen (secondary N) is 1. The van der Waals surface area contributed by atoms with Crippen LogP contribution in [0.25, 0.3) is 0 Å². The summed E-state index contributed by atoms with van der Waals surface area (Å²) in [4.78, 5) is 12.1. The number of hydrogen-bond acceptors (Lipinski definition) is 1. The summed E-state index contributed by atoms with van der Waals surface area (Å²) in [5.74, 6) is -0.0267. The van der Waals surface area contributed by atoms with Gasteiger partial charge in [0.25, 0.3) is 0 Å². The predicted molar refractivity (Wildman–Crippen MR) is 75.5 cm³/mol. The monoisotopic (exact) mass is 297 g/mol. The molecule has 0 fully saturated rings. The van der Waals surface area contributed by atoms with Gasteiger partial charge in [0.2, 0.25) is 5.91 Å². The fourth-order valence-corrected chi connectivity index (χ4v) is 2.05. The van der Waals surface area contributed by atoms with Crippen LogP contribution in [0.4, 0.5) is 0 Å². The van der Waals surface area contributed by atoms with E-state index in [2.05, 4.69) is 35.1 Å².